The summed E-state index contributed by atoms with van der Waals surface area (Å²) in [6, 6.07) is 1.76. The van der Waals surface area contributed by atoms with Gasteiger partial charge in [0.25, 0.3) is 0 Å². The first-order valence-corrected chi connectivity index (χ1v) is 5.07. The molecule has 0 heterocycles. The van der Waals surface area contributed by atoms with Crippen molar-refractivity contribution in [1.29, 1.82) is 0 Å². The maximum absolute atomic E-state index is 9.68. The van der Waals surface area contributed by atoms with Gasteiger partial charge in [0.05, 0.1) is 11.6 Å². The zero-order valence-corrected chi connectivity index (χ0v) is 9.76. The van der Waals surface area contributed by atoms with E-state index >= 15 is 0 Å². The van der Waals surface area contributed by atoms with Crippen LogP contribution in [0.25, 0.3) is 0 Å². The number of aliphatic hydroxyl groups excluding tert-OH is 1. The summed E-state index contributed by atoms with van der Waals surface area (Å²) in [5.74, 6) is 0.526. The Balaban J connectivity index is 3.26. The topological polar surface area (TPSA) is 49.7 Å². The molecule has 0 unspecified atom stereocenters. The molecule has 1 aromatic carbocycles. The summed E-state index contributed by atoms with van der Waals surface area (Å²) in [6.45, 7) is 1.98. The molecule has 14 heavy (non-hydrogen) atoms. The SMILES string of the molecule is COc1cc(C)c(CCO)c(Br)c1O. The lowest BCUT2D eigenvalue weighted by atomic mass is 10.1. The van der Waals surface area contributed by atoms with E-state index in [1.165, 1.54) is 7.11 Å². The molecule has 0 aliphatic carbocycles. The molecule has 0 aliphatic heterocycles. The fourth-order valence-electron chi connectivity index (χ4n) is 1.35. The quantitative estimate of drug-likeness (QED) is 0.875. The van der Waals surface area contributed by atoms with Gasteiger partial charge in [0.15, 0.2) is 11.5 Å². The van der Waals surface area contributed by atoms with Crippen LogP contribution in [0.1, 0.15) is 11.1 Å². The van der Waals surface area contributed by atoms with Crippen molar-refractivity contribution in [1.82, 2.24) is 0 Å². The molecule has 0 bridgehead atoms. The van der Waals surface area contributed by atoms with Gasteiger partial charge in [-0.2, -0.15) is 0 Å². The number of ether oxygens (including phenoxy) is 1. The maximum Gasteiger partial charge on any atom is 0.172 e. The molecule has 0 saturated carbocycles. The molecule has 1 rings (SSSR count). The van der Waals surface area contributed by atoms with E-state index < -0.39 is 0 Å². The van der Waals surface area contributed by atoms with Crippen molar-refractivity contribution < 1.29 is 14.9 Å². The van der Waals surface area contributed by atoms with Crippen molar-refractivity contribution in [2.45, 2.75) is 13.3 Å². The van der Waals surface area contributed by atoms with Crippen molar-refractivity contribution in [2.24, 2.45) is 0 Å². The lowest BCUT2D eigenvalue weighted by Crippen LogP contribution is -1.97. The second-order valence-corrected chi connectivity index (χ2v) is 3.80. The first kappa shape index (κ1) is 11.3. The van der Waals surface area contributed by atoms with E-state index in [-0.39, 0.29) is 12.4 Å². The van der Waals surface area contributed by atoms with Crippen LogP contribution in [0.5, 0.6) is 11.5 Å². The highest BCUT2D eigenvalue weighted by Gasteiger charge is 2.13. The van der Waals surface area contributed by atoms with Gasteiger partial charge in [0, 0.05) is 6.61 Å². The van der Waals surface area contributed by atoms with E-state index in [0.29, 0.717) is 16.6 Å². The highest BCUT2D eigenvalue weighted by Crippen LogP contribution is 2.38. The van der Waals surface area contributed by atoms with Gasteiger partial charge >= 0.3 is 0 Å². The Morgan fingerprint density at radius 3 is 2.64 bits per heavy atom. The summed E-state index contributed by atoms with van der Waals surface area (Å²) < 4.78 is 5.60. The molecule has 0 aliphatic rings. The molecule has 0 spiro atoms. The molecule has 0 fully saturated rings. The molecule has 4 heteroatoms. The van der Waals surface area contributed by atoms with Crippen LogP contribution < -0.4 is 4.74 Å². The Bertz CT molecular complexity index is 337. The standard InChI is InChI=1S/C10H13BrO3/c1-6-5-8(14-2)10(13)9(11)7(6)3-4-12/h5,12-13H,3-4H2,1-2H3. The number of hydrogen-bond acceptors (Lipinski definition) is 3. The lowest BCUT2D eigenvalue weighted by molar-refractivity contribution is 0.298. The van der Waals surface area contributed by atoms with Crippen LogP contribution in [0.2, 0.25) is 0 Å². The van der Waals surface area contributed by atoms with Crippen molar-refractivity contribution in [3.63, 3.8) is 0 Å². The first-order chi connectivity index (χ1) is 6.61. The van der Waals surface area contributed by atoms with Gasteiger partial charge in [-0.3, -0.25) is 0 Å². The Hall–Kier alpha value is -0.740. The second kappa shape index (κ2) is 4.66. The van der Waals surface area contributed by atoms with Gasteiger partial charge < -0.3 is 14.9 Å². The zero-order chi connectivity index (χ0) is 10.7. The highest BCUT2D eigenvalue weighted by atomic mass is 79.9. The van der Waals surface area contributed by atoms with Crippen LogP contribution in [0.3, 0.4) is 0 Å². The molecule has 3 nitrogen and oxygen atoms in total. The highest BCUT2D eigenvalue weighted by molar-refractivity contribution is 9.10. The number of phenolic OH excluding ortho intramolecular Hbond substituents is 1. The smallest absolute Gasteiger partial charge is 0.172 e. The molecular weight excluding hydrogens is 248 g/mol. The van der Waals surface area contributed by atoms with Crippen molar-refractivity contribution in [2.75, 3.05) is 13.7 Å². The number of rotatable bonds is 3. The van der Waals surface area contributed by atoms with Crippen LogP contribution in [-0.4, -0.2) is 23.9 Å². The molecule has 0 amide bonds. The summed E-state index contributed by atoms with van der Waals surface area (Å²) >= 11 is 3.28. The van der Waals surface area contributed by atoms with Crippen LogP contribution in [-0.2, 0) is 6.42 Å². The zero-order valence-electron chi connectivity index (χ0n) is 8.17. The Morgan fingerprint density at radius 2 is 2.14 bits per heavy atom. The molecule has 0 atom stereocenters. The second-order valence-electron chi connectivity index (χ2n) is 3.01. The van der Waals surface area contributed by atoms with Crippen LogP contribution in [0, 0.1) is 6.92 Å². The summed E-state index contributed by atoms with van der Waals surface area (Å²) in [7, 11) is 1.51. The average Bonchev–Trinajstić information content (AvgIpc) is 2.18. The van der Waals surface area contributed by atoms with Crippen molar-refractivity contribution in [3.05, 3.63) is 21.7 Å². The number of benzene rings is 1. The summed E-state index contributed by atoms with van der Waals surface area (Å²) in [5.41, 5.74) is 1.89. The van der Waals surface area contributed by atoms with E-state index in [1.54, 1.807) is 6.07 Å². The number of aryl methyl sites for hydroxylation is 1. The lowest BCUT2D eigenvalue weighted by Gasteiger charge is -2.12. The van der Waals surface area contributed by atoms with E-state index in [1.807, 2.05) is 6.92 Å². The fourth-order valence-corrected chi connectivity index (χ4v) is 2.06. The maximum atomic E-state index is 9.68. The predicted octanol–water partition coefficient (Wildman–Crippen LogP) is 2.01. The number of methoxy groups -OCH3 is 1. The average molecular weight is 261 g/mol. The van der Waals surface area contributed by atoms with E-state index in [2.05, 4.69) is 15.9 Å². The molecule has 0 saturated heterocycles. The van der Waals surface area contributed by atoms with Crippen LogP contribution in [0.15, 0.2) is 10.5 Å². The fraction of sp³-hybridized carbons (Fsp3) is 0.400. The number of halogens is 1. The van der Waals surface area contributed by atoms with Gasteiger partial charge in [0.2, 0.25) is 0 Å². The molecule has 0 radical (unpaired) electrons. The van der Waals surface area contributed by atoms with Crippen molar-refractivity contribution >= 4 is 15.9 Å². The van der Waals surface area contributed by atoms with E-state index in [0.717, 1.165) is 11.1 Å². The number of aromatic hydroxyl groups is 1. The van der Waals surface area contributed by atoms with Crippen molar-refractivity contribution in [3.8, 4) is 11.5 Å². The minimum absolute atomic E-state index is 0.0607. The Morgan fingerprint density at radius 1 is 1.50 bits per heavy atom. The third kappa shape index (κ3) is 2.01. The number of hydrogen-bond donors (Lipinski definition) is 2. The monoisotopic (exact) mass is 260 g/mol. The third-order valence-corrected chi connectivity index (χ3v) is 2.97. The molecule has 0 aromatic heterocycles. The van der Waals surface area contributed by atoms with Crippen LogP contribution in [0.4, 0.5) is 0 Å². The largest absolute Gasteiger partial charge is 0.503 e. The van der Waals surface area contributed by atoms with Crippen LogP contribution >= 0.6 is 15.9 Å². The summed E-state index contributed by atoms with van der Waals surface area (Å²) in [4.78, 5) is 0. The first-order valence-electron chi connectivity index (χ1n) is 4.27. The molecule has 78 valence electrons. The predicted molar refractivity (Wildman–Crippen MR) is 57.9 cm³/mol. The minimum Gasteiger partial charge on any atom is -0.503 e. The van der Waals surface area contributed by atoms with Gasteiger partial charge in [-0.25, -0.2) is 0 Å². The van der Waals surface area contributed by atoms with Gasteiger partial charge in [0.1, 0.15) is 0 Å². The van der Waals surface area contributed by atoms with E-state index in [4.69, 9.17) is 9.84 Å². The number of phenols is 1. The number of aliphatic hydroxyl groups is 1. The minimum atomic E-state index is 0.0607. The van der Waals surface area contributed by atoms with Gasteiger partial charge in [-0.1, -0.05) is 0 Å². The Labute approximate surface area is 91.5 Å². The van der Waals surface area contributed by atoms with Gasteiger partial charge in [-0.15, -0.1) is 0 Å². The molecule has 2 N–H and O–H groups in total. The summed E-state index contributed by atoms with van der Waals surface area (Å²) in [5, 5.41) is 18.5. The third-order valence-electron chi connectivity index (χ3n) is 2.11. The van der Waals surface area contributed by atoms with E-state index in [9.17, 15) is 5.11 Å². The molecular formula is C10H13BrO3. The summed E-state index contributed by atoms with van der Waals surface area (Å²) in [6.07, 6.45) is 0.518. The van der Waals surface area contributed by atoms with Gasteiger partial charge in [-0.05, 0) is 46.5 Å². The normalized spacial score (nSPS) is 10.3. The Kier molecular flexibility index (Phi) is 3.77. The molecule has 1 aromatic rings.